The number of aliphatic hydroxyl groups is 1. The average molecular weight is 360 g/mol. The van der Waals surface area contributed by atoms with Gasteiger partial charge in [-0.3, -0.25) is 9.59 Å². The Bertz CT molecular complexity index is 834. The van der Waals surface area contributed by atoms with Crippen LogP contribution in [0.25, 0.3) is 0 Å². The van der Waals surface area contributed by atoms with Crippen LogP contribution in [0, 0.1) is 0 Å². The number of hydrogen-bond acceptors (Lipinski definition) is 4. The van der Waals surface area contributed by atoms with Gasteiger partial charge in [-0.1, -0.05) is 11.6 Å². The monoisotopic (exact) mass is 359 g/mol. The predicted octanol–water partition coefficient (Wildman–Crippen LogP) is 3.18. The van der Waals surface area contributed by atoms with Crippen LogP contribution in [-0.4, -0.2) is 30.5 Å². The average Bonchev–Trinajstić information content (AvgIpc) is 2.82. The molecule has 1 aliphatic rings. The van der Waals surface area contributed by atoms with Crippen molar-refractivity contribution in [3.63, 3.8) is 0 Å². The first-order valence-corrected chi connectivity index (χ1v) is 8.30. The maximum Gasteiger partial charge on any atom is 0.264 e. The van der Waals surface area contributed by atoms with Crippen molar-refractivity contribution in [2.75, 3.05) is 18.6 Å². The smallest absolute Gasteiger partial charge is 0.264 e. The van der Waals surface area contributed by atoms with E-state index >= 15 is 0 Å². The van der Waals surface area contributed by atoms with E-state index in [1.165, 1.54) is 12.0 Å². The van der Waals surface area contributed by atoms with Crippen molar-refractivity contribution in [3.05, 3.63) is 58.6 Å². The Kier molecular flexibility index (Phi) is 4.54. The third-order valence-corrected chi connectivity index (χ3v) is 4.67. The number of benzene rings is 2. The molecule has 130 valence electrons. The minimum Gasteiger partial charge on any atom is -0.497 e. The number of ketones is 1. The molecule has 0 aromatic heterocycles. The van der Waals surface area contributed by atoms with Gasteiger partial charge in [-0.15, -0.1) is 0 Å². The zero-order chi connectivity index (χ0) is 18.2. The fourth-order valence-electron chi connectivity index (χ4n) is 3.12. The molecule has 6 heteroatoms. The molecule has 0 radical (unpaired) electrons. The fraction of sp³-hybridized carbons (Fsp3) is 0.263. The topological polar surface area (TPSA) is 66.8 Å². The second-order valence-corrected chi connectivity index (χ2v) is 6.34. The van der Waals surface area contributed by atoms with Crippen LogP contribution < -0.4 is 9.64 Å². The van der Waals surface area contributed by atoms with E-state index in [1.807, 2.05) is 6.92 Å². The zero-order valence-electron chi connectivity index (χ0n) is 14.0. The van der Waals surface area contributed by atoms with Gasteiger partial charge in [-0.05, 0) is 49.4 Å². The number of carbonyl (C=O) groups is 2. The molecular formula is C19H18ClNO4. The normalized spacial score (nSPS) is 19.0. The van der Waals surface area contributed by atoms with Crippen molar-refractivity contribution >= 4 is 29.0 Å². The van der Waals surface area contributed by atoms with Crippen LogP contribution in [0.3, 0.4) is 0 Å². The van der Waals surface area contributed by atoms with Crippen LogP contribution in [0.15, 0.2) is 42.5 Å². The highest BCUT2D eigenvalue weighted by Gasteiger charge is 2.50. The molecule has 1 atom stereocenters. The van der Waals surface area contributed by atoms with Gasteiger partial charge in [0, 0.05) is 22.7 Å². The summed E-state index contributed by atoms with van der Waals surface area (Å²) in [6, 6.07) is 11.4. The lowest BCUT2D eigenvalue weighted by Crippen LogP contribution is -2.41. The van der Waals surface area contributed by atoms with Crippen LogP contribution in [-0.2, 0) is 10.4 Å². The number of fused-ring (bicyclic) bond motifs is 1. The summed E-state index contributed by atoms with van der Waals surface area (Å²) in [5.41, 5.74) is -0.552. The predicted molar refractivity (Wildman–Crippen MR) is 95.3 cm³/mol. The Balaban J connectivity index is 1.96. The van der Waals surface area contributed by atoms with Gasteiger partial charge in [0.2, 0.25) is 0 Å². The van der Waals surface area contributed by atoms with Gasteiger partial charge in [-0.25, -0.2) is 0 Å². The lowest BCUT2D eigenvalue weighted by atomic mass is 9.88. The van der Waals surface area contributed by atoms with Crippen LogP contribution in [0.2, 0.25) is 5.02 Å². The Morgan fingerprint density at radius 1 is 1.24 bits per heavy atom. The summed E-state index contributed by atoms with van der Waals surface area (Å²) in [4.78, 5) is 26.9. The molecule has 1 amide bonds. The second kappa shape index (κ2) is 6.50. The summed E-state index contributed by atoms with van der Waals surface area (Å²) in [6.45, 7) is 2.21. The molecule has 0 saturated heterocycles. The number of halogens is 1. The molecule has 5 nitrogen and oxygen atoms in total. The van der Waals surface area contributed by atoms with E-state index in [9.17, 15) is 14.7 Å². The van der Waals surface area contributed by atoms with Crippen molar-refractivity contribution in [1.29, 1.82) is 0 Å². The van der Waals surface area contributed by atoms with Gasteiger partial charge in [0.1, 0.15) is 5.75 Å². The van der Waals surface area contributed by atoms with E-state index in [4.69, 9.17) is 16.3 Å². The highest BCUT2D eigenvalue weighted by atomic mass is 35.5. The molecule has 1 heterocycles. The zero-order valence-corrected chi connectivity index (χ0v) is 14.7. The molecule has 3 rings (SSSR count). The molecule has 1 aliphatic heterocycles. The van der Waals surface area contributed by atoms with Crippen molar-refractivity contribution in [3.8, 4) is 5.75 Å². The van der Waals surface area contributed by atoms with Gasteiger partial charge < -0.3 is 14.7 Å². The maximum atomic E-state index is 12.8. The third kappa shape index (κ3) is 2.90. The molecule has 0 saturated carbocycles. The largest absolute Gasteiger partial charge is 0.497 e. The summed E-state index contributed by atoms with van der Waals surface area (Å²) < 4.78 is 5.07. The SMILES string of the molecule is CCN1C(=O)[C@](O)(CC(=O)c2ccc(OC)cc2)c2cc(Cl)ccc21. The van der Waals surface area contributed by atoms with Crippen LogP contribution in [0.5, 0.6) is 5.75 Å². The number of Topliss-reactive ketones (excluding diaryl/α,β-unsaturated/α-hetero) is 1. The summed E-state index contributed by atoms with van der Waals surface area (Å²) in [5.74, 6) is -0.210. The highest BCUT2D eigenvalue weighted by molar-refractivity contribution is 6.31. The number of nitrogens with zero attached hydrogens (tertiary/aromatic N) is 1. The molecular weight excluding hydrogens is 342 g/mol. The fourth-order valence-corrected chi connectivity index (χ4v) is 3.29. The number of likely N-dealkylation sites (N-methyl/N-ethyl adjacent to an activating group) is 1. The Morgan fingerprint density at radius 2 is 1.92 bits per heavy atom. The molecule has 2 aromatic carbocycles. The van der Waals surface area contributed by atoms with Crippen LogP contribution in [0.1, 0.15) is 29.3 Å². The highest BCUT2D eigenvalue weighted by Crippen LogP contribution is 2.43. The standard InChI is InChI=1S/C19H18ClNO4/c1-3-21-16-9-6-13(20)10-15(16)19(24,18(21)23)11-17(22)12-4-7-14(25-2)8-5-12/h4-10,24H,3,11H2,1-2H3/t19-/m0/s1. The summed E-state index contributed by atoms with van der Waals surface area (Å²) in [7, 11) is 1.54. The number of ether oxygens (including phenoxy) is 1. The molecule has 2 aromatic rings. The van der Waals surface area contributed by atoms with E-state index in [0.717, 1.165) is 0 Å². The van der Waals surface area contributed by atoms with Gasteiger partial charge >= 0.3 is 0 Å². The first kappa shape index (κ1) is 17.5. The van der Waals surface area contributed by atoms with E-state index in [0.29, 0.717) is 34.1 Å². The van der Waals surface area contributed by atoms with Gasteiger partial charge in [0.25, 0.3) is 5.91 Å². The molecule has 0 fully saturated rings. The number of carbonyl (C=O) groups excluding carboxylic acids is 2. The van der Waals surface area contributed by atoms with Crippen molar-refractivity contribution in [1.82, 2.24) is 0 Å². The summed E-state index contributed by atoms with van der Waals surface area (Å²) >= 11 is 6.04. The molecule has 25 heavy (non-hydrogen) atoms. The number of hydrogen-bond donors (Lipinski definition) is 1. The minimum absolute atomic E-state index is 0.331. The Labute approximate surface area is 150 Å². The van der Waals surface area contributed by atoms with Crippen LogP contribution in [0.4, 0.5) is 5.69 Å². The maximum absolute atomic E-state index is 12.8. The molecule has 0 bridgehead atoms. The summed E-state index contributed by atoms with van der Waals surface area (Å²) in [5, 5.41) is 11.5. The molecule has 0 spiro atoms. The minimum atomic E-state index is -1.91. The summed E-state index contributed by atoms with van der Waals surface area (Å²) in [6.07, 6.45) is -0.345. The Hall–Kier alpha value is -2.37. The van der Waals surface area contributed by atoms with E-state index < -0.39 is 11.5 Å². The molecule has 0 aliphatic carbocycles. The van der Waals surface area contributed by atoms with Gasteiger partial charge in [0.15, 0.2) is 11.4 Å². The van der Waals surface area contributed by atoms with Gasteiger partial charge in [-0.2, -0.15) is 0 Å². The molecule has 0 unspecified atom stereocenters. The number of methoxy groups -OCH3 is 1. The van der Waals surface area contributed by atoms with Gasteiger partial charge in [0.05, 0.1) is 19.2 Å². The lowest BCUT2D eigenvalue weighted by molar-refractivity contribution is -0.135. The Morgan fingerprint density at radius 3 is 2.52 bits per heavy atom. The molecule has 1 N–H and O–H groups in total. The van der Waals surface area contributed by atoms with E-state index in [-0.39, 0.29) is 12.2 Å². The van der Waals surface area contributed by atoms with Crippen molar-refractivity contribution in [2.45, 2.75) is 18.9 Å². The number of amides is 1. The first-order chi connectivity index (χ1) is 11.9. The van der Waals surface area contributed by atoms with Crippen LogP contribution >= 0.6 is 11.6 Å². The quantitative estimate of drug-likeness (QED) is 0.833. The van der Waals surface area contributed by atoms with E-state index in [1.54, 1.807) is 42.5 Å². The first-order valence-electron chi connectivity index (χ1n) is 7.92. The number of rotatable bonds is 5. The lowest BCUT2D eigenvalue weighted by Gasteiger charge is -2.22. The second-order valence-electron chi connectivity index (χ2n) is 5.90. The van der Waals surface area contributed by atoms with E-state index in [2.05, 4.69) is 0 Å². The third-order valence-electron chi connectivity index (χ3n) is 4.44. The van der Waals surface area contributed by atoms with Crippen molar-refractivity contribution < 1.29 is 19.4 Å². The number of anilines is 1. The van der Waals surface area contributed by atoms with Crippen molar-refractivity contribution in [2.24, 2.45) is 0 Å².